The van der Waals surface area contributed by atoms with Gasteiger partial charge in [-0.2, -0.15) is 5.26 Å². The lowest BCUT2D eigenvalue weighted by Crippen LogP contribution is -2.16. The van der Waals surface area contributed by atoms with Gasteiger partial charge >= 0.3 is 0 Å². The van der Waals surface area contributed by atoms with Crippen LogP contribution in [0.15, 0.2) is 65.7 Å². The van der Waals surface area contributed by atoms with Gasteiger partial charge in [0, 0.05) is 29.5 Å². The highest BCUT2D eigenvalue weighted by molar-refractivity contribution is 7.99. The molecule has 1 N–H and O–H groups in total. The van der Waals surface area contributed by atoms with E-state index in [1.807, 2.05) is 36.4 Å². The second-order valence-corrected chi connectivity index (χ2v) is 7.62. The highest BCUT2D eigenvalue weighted by Gasteiger charge is 2.13. The third-order valence-electron chi connectivity index (χ3n) is 4.44. The van der Waals surface area contributed by atoms with E-state index in [2.05, 4.69) is 16.4 Å². The van der Waals surface area contributed by atoms with Crippen molar-refractivity contribution in [3.05, 3.63) is 66.2 Å². The fourth-order valence-electron chi connectivity index (χ4n) is 2.99. The van der Waals surface area contributed by atoms with E-state index in [0.29, 0.717) is 53.2 Å². The predicted octanol–water partition coefficient (Wildman–Crippen LogP) is 4.51. The Labute approximate surface area is 178 Å². The number of anilines is 1. The average molecular weight is 417 g/mol. The fraction of sp³-hybridized carbons (Fsp3) is 0.174. The SMILES string of the molecule is N#Cc1ccc(-c2ccccc2)nc1SCCC(=O)Nc1ccc2c(c1)OCCO2. The van der Waals surface area contributed by atoms with Crippen molar-refractivity contribution >= 4 is 23.4 Å². The monoisotopic (exact) mass is 417 g/mol. The summed E-state index contributed by atoms with van der Waals surface area (Å²) in [7, 11) is 0. The molecule has 0 spiro atoms. The van der Waals surface area contributed by atoms with Gasteiger partial charge in [0.15, 0.2) is 11.5 Å². The summed E-state index contributed by atoms with van der Waals surface area (Å²) >= 11 is 1.40. The first kappa shape index (κ1) is 19.8. The molecule has 0 aliphatic carbocycles. The number of carbonyl (C=O) groups excluding carboxylic acids is 1. The van der Waals surface area contributed by atoms with Crippen molar-refractivity contribution in [2.45, 2.75) is 11.4 Å². The number of benzene rings is 2. The van der Waals surface area contributed by atoms with Gasteiger partial charge in [-0.05, 0) is 24.3 Å². The minimum absolute atomic E-state index is 0.114. The molecule has 4 rings (SSSR count). The van der Waals surface area contributed by atoms with Crippen LogP contribution in [0.5, 0.6) is 11.5 Å². The van der Waals surface area contributed by atoms with Crippen LogP contribution in [0.2, 0.25) is 0 Å². The maximum absolute atomic E-state index is 12.3. The summed E-state index contributed by atoms with van der Waals surface area (Å²) in [5.41, 5.74) is 2.96. The highest BCUT2D eigenvalue weighted by Crippen LogP contribution is 2.32. The van der Waals surface area contributed by atoms with Crippen molar-refractivity contribution in [3.8, 4) is 28.8 Å². The molecule has 1 aliphatic heterocycles. The van der Waals surface area contributed by atoms with E-state index in [-0.39, 0.29) is 5.91 Å². The number of hydrogen-bond acceptors (Lipinski definition) is 6. The first-order valence-electron chi connectivity index (χ1n) is 9.52. The van der Waals surface area contributed by atoms with Gasteiger partial charge in [0.2, 0.25) is 5.91 Å². The second kappa shape index (κ2) is 9.33. The van der Waals surface area contributed by atoms with Crippen LogP contribution in [0, 0.1) is 11.3 Å². The number of aromatic nitrogens is 1. The van der Waals surface area contributed by atoms with Crippen LogP contribution in [-0.2, 0) is 4.79 Å². The molecule has 1 amide bonds. The number of nitriles is 1. The lowest BCUT2D eigenvalue weighted by Gasteiger charge is -2.19. The number of hydrogen-bond donors (Lipinski definition) is 1. The third kappa shape index (κ3) is 4.73. The molecule has 0 fully saturated rings. The van der Waals surface area contributed by atoms with E-state index in [9.17, 15) is 10.1 Å². The number of amides is 1. The Morgan fingerprint density at radius 1 is 1.07 bits per heavy atom. The largest absolute Gasteiger partial charge is 0.486 e. The number of nitrogens with one attached hydrogen (secondary N) is 1. The molecule has 6 nitrogen and oxygen atoms in total. The molecule has 3 aromatic rings. The van der Waals surface area contributed by atoms with E-state index in [1.54, 1.807) is 24.3 Å². The molecule has 2 heterocycles. The maximum atomic E-state index is 12.3. The molecule has 0 saturated carbocycles. The molecular weight excluding hydrogens is 398 g/mol. The number of ether oxygens (including phenoxy) is 2. The molecule has 0 bridgehead atoms. The average Bonchev–Trinajstić information content (AvgIpc) is 2.79. The fourth-order valence-corrected chi connectivity index (χ4v) is 3.90. The Kier molecular flexibility index (Phi) is 6.16. The van der Waals surface area contributed by atoms with Crippen molar-refractivity contribution in [2.24, 2.45) is 0 Å². The summed E-state index contributed by atoms with van der Waals surface area (Å²) in [5.74, 6) is 1.71. The predicted molar refractivity (Wildman–Crippen MR) is 116 cm³/mol. The lowest BCUT2D eigenvalue weighted by molar-refractivity contribution is -0.115. The van der Waals surface area contributed by atoms with E-state index in [1.165, 1.54) is 11.8 Å². The van der Waals surface area contributed by atoms with Gasteiger partial charge in [0.1, 0.15) is 24.3 Å². The number of thioether (sulfide) groups is 1. The lowest BCUT2D eigenvalue weighted by atomic mass is 10.1. The number of nitrogens with zero attached hydrogens (tertiary/aromatic N) is 2. The molecule has 0 atom stereocenters. The molecule has 1 aromatic heterocycles. The normalized spacial score (nSPS) is 12.1. The van der Waals surface area contributed by atoms with E-state index < -0.39 is 0 Å². The summed E-state index contributed by atoms with van der Waals surface area (Å²) in [6.07, 6.45) is 0.293. The first-order chi connectivity index (χ1) is 14.7. The number of fused-ring (bicyclic) bond motifs is 1. The van der Waals surface area contributed by atoms with Crippen LogP contribution in [0.1, 0.15) is 12.0 Å². The van der Waals surface area contributed by atoms with E-state index in [4.69, 9.17) is 9.47 Å². The smallest absolute Gasteiger partial charge is 0.225 e. The molecular formula is C23H19N3O3S. The second-order valence-electron chi connectivity index (χ2n) is 6.53. The molecule has 0 unspecified atom stereocenters. The van der Waals surface area contributed by atoms with Crippen LogP contribution >= 0.6 is 11.8 Å². The van der Waals surface area contributed by atoms with Gasteiger partial charge in [-0.25, -0.2) is 4.98 Å². The molecule has 0 radical (unpaired) electrons. The molecule has 30 heavy (non-hydrogen) atoms. The minimum atomic E-state index is -0.114. The maximum Gasteiger partial charge on any atom is 0.225 e. The van der Waals surface area contributed by atoms with Crippen molar-refractivity contribution < 1.29 is 14.3 Å². The first-order valence-corrected chi connectivity index (χ1v) is 10.5. The van der Waals surface area contributed by atoms with Gasteiger partial charge in [0.25, 0.3) is 0 Å². The van der Waals surface area contributed by atoms with Crippen molar-refractivity contribution in [3.63, 3.8) is 0 Å². The molecule has 2 aromatic carbocycles. The van der Waals surface area contributed by atoms with Crippen molar-refractivity contribution in [1.29, 1.82) is 5.26 Å². The van der Waals surface area contributed by atoms with Crippen LogP contribution in [0.4, 0.5) is 5.69 Å². The summed E-state index contributed by atoms with van der Waals surface area (Å²) in [5, 5.41) is 12.9. The minimum Gasteiger partial charge on any atom is -0.486 e. The zero-order valence-corrected chi connectivity index (χ0v) is 16.9. The number of carbonyl (C=O) groups is 1. The van der Waals surface area contributed by atoms with Gasteiger partial charge in [-0.1, -0.05) is 30.3 Å². The van der Waals surface area contributed by atoms with Crippen LogP contribution < -0.4 is 14.8 Å². The molecule has 7 heteroatoms. The third-order valence-corrected chi connectivity index (χ3v) is 5.44. The Bertz CT molecular complexity index is 1100. The molecule has 0 saturated heterocycles. The summed E-state index contributed by atoms with van der Waals surface area (Å²) < 4.78 is 11.0. The van der Waals surface area contributed by atoms with Crippen LogP contribution in [0.25, 0.3) is 11.3 Å². The summed E-state index contributed by atoms with van der Waals surface area (Å²) in [4.78, 5) is 17.0. The van der Waals surface area contributed by atoms with Crippen LogP contribution in [-0.4, -0.2) is 29.9 Å². The van der Waals surface area contributed by atoms with Crippen LogP contribution in [0.3, 0.4) is 0 Å². The quantitative estimate of drug-likeness (QED) is 0.594. The zero-order chi connectivity index (χ0) is 20.8. The van der Waals surface area contributed by atoms with E-state index in [0.717, 1.165) is 11.3 Å². The summed E-state index contributed by atoms with van der Waals surface area (Å²) in [6, 6.07) is 20.9. The Morgan fingerprint density at radius 2 is 1.87 bits per heavy atom. The number of pyridine rings is 1. The Morgan fingerprint density at radius 3 is 2.67 bits per heavy atom. The Balaban J connectivity index is 1.37. The Hall–Kier alpha value is -3.50. The zero-order valence-electron chi connectivity index (χ0n) is 16.1. The number of rotatable bonds is 6. The standard InChI is InChI=1S/C23H19N3O3S/c24-15-17-6-8-19(16-4-2-1-3-5-16)26-23(17)30-13-10-22(27)25-18-7-9-20-21(14-18)29-12-11-28-20/h1-9,14H,10-13H2,(H,25,27). The highest BCUT2D eigenvalue weighted by atomic mass is 32.2. The van der Waals surface area contributed by atoms with Gasteiger partial charge in [0.05, 0.1) is 11.3 Å². The van der Waals surface area contributed by atoms with Crippen molar-refractivity contribution in [2.75, 3.05) is 24.3 Å². The topological polar surface area (TPSA) is 84.2 Å². The van der Waals surface area contributed by atoms with Gasteiger partial charge in [-0.3, -0.25) is 4.79 Å². The molecule has 1 aliphatic rings. The van der Waals surface area contributed by atoms with E-state index >= 15 is 0 Å². The molecule has 150 valence electrons. The summed E-state index contributed by atoms with van der Waals surface area (Å²) in [6.45, 7) is 1.03. The van der Waals surface area contributed by atoms with Gasteiger partial charge in [-0.15, -0.1) is 11.8 Å². The van der Waals surface area contributed by atoms with Gasteiger partial charge < -0.3 is 14.8 Å². The van der Waals surface area contributed by atoms with Crippen molar-refractivity contribution in [1.82, 2.24) is 4.98 Å².